The number of amides is 1. The third kappa shape index (κ3) is 5.09. The van der Waals surface area contributed by atoms with E-state index in [4.69, 9.17) is 17.0 Å². The summed E-state index contributed by atoms with van der Waals surface area (Å²) in [6, 6.07) is 19.4. The van der Waals surface area contributed by atoms with Crippen molar-refractivity contribution in [2.45, 2.75) is 39.8 Å². The van der Waals surface area contributed by atoms with Gasteiger partial charge in [-0.05, 0) is 67.7 Å². The van der Waals surface area contributed by atoms with E-state index < -0.39 is 5.41 Å². The Morgan fingerprint density at radius 3 is 2.54 bits per heavy atom. The van der Waals surface area contributed by atoms with Crippen LogP contribution in [-0.2, 0) is 4.79 Å². The summed E-state index contributed by atoms with van der Waals surface area (Å²) in [7, 11) is 1.59. The molecule has 2 atom stereocenters. The van der Waals surface area contributed by atoms with Crippen molar-refractivity contribution in [3.05, 3.63) is 96.3 Å². The number of nitrogens with one attached hydrogen (secondary N) is 2. The average Bonchev–Trinajstić information content (AvgIpc) is 3.48. The van der Waals surface area contributed by atoms with Gasteiger partial charge in [0.25, 0.3) is 0 Å². The number of pyridine rings is 2. The Hall–Kier alpha value is -4.24. The molecule has 3 aromatic heterocycles. The number of ether oxygens (including phenoxy) is 1. The Kier molecular flexibility index (Phi) is 7.10. The Balaban J connectivity index is 1.63. The molecule has 0 saturated carbocycles. The molecule has 1 aromatic carbocycles. The first-order valence-corrected chi connectivity index (χ1v) is 13.2. The lowest BCUT2D eigenvalue weighted by Gasteiger charge is -2.30. The normalized spacial score (nSPS) is 17.2. The van der Waals surface area contributed by atoms with Gasteiger partial charge in [-0.25, -0.2) is 0 Å². The number of carbonyl (C=O) groups is 1. The number of methoxy groups -OCH3 is 1. The number of aryl methyl sites for hydroxylation is 1. The van der Waals surface area contributed by atoms with Gasteiger partial charge in [0.2, 0.25) is 5.91 Å². The van der Waals surface area contributed by atoms with Gasteiger partial charge in [-0.15, -0.1) is 0 Å². The zero-order chi connectivity index (χ0) is 27.7. The summed E-state index contributed by atoms with van der Waals surface area (Å²) < 4.78 is 7.91. The number of rotatable bonds is 6. The first-order chi connectivity index (χ1) is 18.7. The van der Waals surface area contributed by atoms with Crippen LogP contribution in [0.15, 0.2) is 79.3 Å². The Morgan fingerprint density at radius 2 is 1.87 bits per heavy atom. The average molecular weight is 541 g/mol. The van der Waals surface area contributed by atoms with Crippen molar-refractivity contribution in [2.75, 3.05) is 17.3 Å². The number of carbonyl (C=O) groups excluding carboxylic acids is 1. The molecule has 0 bridgehead atoms. The van der Waals surface area contributed by atoms with Gasteiger partial charge in [0, 0.05) is 41.0 Å². The molecule has 1 fully saturated rings. The molecule has 1 aliphatic heterocycles. The van der Waals surface area contributed by atoms with Crippen molar-refractivity contribution >= 4 is 34.6 Å². The highest BCUT2D eigenvalue weighted by molar-refractivity contribution is 7.80. The number of hydrogen-bond acceptors (Lipinski definition) is 5. The first-order valence-electron chi connectivity index (χ1n) is 12.8. The van der Waals surface area contributed by atoms with Crippen LogP contribution in [0.3, 0.4) is 0 Å². The predicted molar refractivity (Wildman–Crippen MR) is 157 cm³/mol. The molecule has 1 aliphatic rings. The zero-order valence-electron chi connectivity index (χ0n) is 22.7. The molecule has 0 aliphatic carbocycles. The summed E-state index contributed by atoms with van der Waals surface area (Å²) in [5, 5.41) is 7.07. The van der Waals surface area contributed by atoms with Gasteiger partial charge >= 0.3 is 0 Å². The lowest BCUT2D eigenvalue weighted by Crippen LogP contribution is -2.30. The van der Waals surface area contributed by atoms with Crippen LogP contribution in [0.5, 0.6) is 5.75 Å². The van der Waals surface area contributed by atoms with Gasteiger partial charge in [0.15, 0.2) is 5.11 Å². The van der Waals surface area contributed by atoms with Crippen LogP contribution >= 0.6 is 12.2 Å². The molecule has 39 heavy (non-hydrogen) atoms. The molecule has 1 amide bonds. The van der Waals surface area contributed by atoms with Gasteiger partial charge in [0.05, 0.1) is 36.4 Å². The van der Waals surface area contributed by atoms with Gasteiger partial charge in [-0.2, -0.15) is 0 Å². The number of nitrogens with zero attached hydrogens (tertiary/aromatic N) is 4. The SMILES string of the molecule is COc1cc(N2C(=S)N[C@@H](c3ccccn3)[C@@H]2c2ccc(C)n2-c2cccnc2)ccc1NC(=O)C(C)(C)C. The molecule has 5 rings (SSSR count). The minimum atomic E-state index is -0.541. The topological polar surface area (TPSA) is 84.3 Å². The van der Waals surface area contributed by atoms with Crippen LogP contribution in [-0.4, -0.2) is 32.7 Å². The van der Waals surface area contributed by atoms with Crippen molar-refractivity contribution in [3.63, 3.8) is 0 Å². The molecule has 0 radical (unpaired) electrons. The van der Waals surface area contributed by atoms with Crippen LogP contribution in [0.1, 0.15) is 49.9 Å². The molecule has 1 saturated heterocycles. The first kappa shape index (κ1) is 26.4. The van der Waals surface area contributed by atoms with Crippen molar-refractivity contribution in [2.24, 2.45) is 5.41 Å². The van der Waals surface area contributed by atoms with Crippen molar-refractivity contribution < 1.29 is 9.53 Å². The molecule has 9 heteroatoms. The van der Waals surface area contributed by atoms with E-state index in [0.717, 1.165) is 28.5 Å². The number of benzene rings is 1. The van der Waals surface area contributed by atoms with E-state index in [1.807, 2.05) is 75.5 Å². The number of hydrogen-bond donors (Lipinski definition) is 2. The van der Waals surface area contributed by atoms with Crippen molar-refractivity contribution in [3.8, 4) is 11.4 Å². The summed E-state index contributed by atoms with van der Waals surface area (Å²) >= 11 is 5.93. The lowest BCUT2D eigenvalue weighted by molar-refractivity contribution is -0.123. The largest absolute Gasteiger partial charge is 0.494 e. The molecule has 4 aromatic rings. The molecule has 0 spiro atoms. The third-order valence-electron chi connectivity index (χ3n) is 6.80. The van der Waals surface area contributed by atoms with Crippen LogP contribution in [0.25, 0.3) is 5.69 Å². The molecule has 0 unspecified atom stereocenters. The summed E-state index contributed by atoms with van der Waals surface area (Å²) in [5.74, 6) is 0.455. The monoisotopic (exact) mass is 540 g/mol. The smallest absolute Gasteiger partial charge is 0.229 e. The second-order valence-corrected chi connectivity index (χ2v) is 10.9. The van der Waals surface area contributed by atoms with E-state index in [1.54, 1.807) is 19.5 Å². The summed E-state index contributed by atoms with van der Waals surface area (Å²) in [5.41, 5.74) is 4.85. The zero-order valence-corrected chi connectivity index (χ0v) is 23.5. The molecule has 8 nitrogen and oxygen atoms in total. The second-order valence-electron chi connectivity index (χ2n) is 10.5. The van der Waals surface area contributed by atoms with E-state index in [2.05, 4.69) is 49.1 Å². The molecular weight excluding hydrogens is 508 g/mol. The van der Waals surface area contributed by atoms with Crippen molar-refractivity contribution in [1.29, 1.82) is 0 Å². The van der Waals surface area contributed by atoms with E-state index in [1.165, 1.54) is 0 Å². The Bertz CT molecular complexity index is 1500. The maximum atomic E-state index is 12.7. The lowest BCUT2D eigenvalue weighted by atomic mass is 9.95. The summed E-state index contributed by atoms with van der Waals surface area (Å²) in [4.78, 5) is 23.8. The van der Waals surface area contributed by atoms with Crippen LogP contribution in [0.4, 0.5) is 11.4 Å². The second kappa shape index (κ2) is 10.5. The predicted octanol–water partition coefficient (Wildman–Crippen LogP) is 5.75. The fourth-order valence-electron chi connectivity index (χ4n) is 4.80. The van der Waals surface area contributed by atoms with E-state index in [0.29, 0.717) is 16.5 Å². The molecule has 200 valence electrons. The fourth-order valence-corrected chi connectivity index (χ4v) is 5.15. The number of anilines is 2. The van der Waals surface area contributed by atoms with Crippen molar-refractivity contribution in [1.82, 2.24) is 19.9 Å². The Morgan fingerprint density at radius 1 is 1.05 bits per heavy atom. The van der Waals surface area contributed by atoms with Gasteiger partial charge in [-0.3, -0.25) is 14.8 Å². The van der Waals surface area contributed by atoms with Crippen LogP contribution < -0.4 is 20.3 Å². The van der Waals surface area contributed by atoms with Crippen LogP contribution in [0, 0.1) is 12.3 Å². The third-order valence-corrected chi connectivity index (χ3v) is 7.12. The van der Waals surface area contributed by atoms with Gasteiger partial charge in [0.1, 0.15) is 11.8 Å². The highest BCUT2D eigenvalue weighted by Gasteiger charge is 2.42. The number of aromatic nitrogens is 3. The van der Waals surface area contributed by atoms with E-state index in [9.17, 15) is 4.79 Å². The summed E-state index contributed by atoms with van der Waals surface area (Å²) in [6.07, 6.45) is 5.41. The van der Waals surface area contributed by atoms with Gasteiger partial charge in [-0.1, -0.05) is 26.8 Å². The highest BCUT2D eigenvalue weighted by Crippen LogP contribution is 2.44. The molecular formula is C30H32N6O2S. The molecule has 4 heterocycles. The fraction of sp³-hybridized carbons (Fsp3) is 0.267. The maximum absolute atomic E-state index is 12.7. The molecule has 2 N–H and O–H groups in total. The summed E-state index contributed by atoms with van der Waals surface area (Å²) in [6.45, 7) is 7.70. The standard InChI is InChI=1S/C30H32N6O2S/c1-19-11-14-24(35(19)21-9-8-15-31-18-21)27-26(23-10-6-7-16-32-23)34-29(39)36(27)20-12-13-22(25(17-20)38-5)33-28(37)30(2,3)4/h6-18,26-27H,1-5H3,(H,33,37)(H,34,39)/t26-,27-/m0/s1. The quantitative estimate of drug-likeness (QED) is 0.302. The Labute approximate surface area is 234 Å². The highest BCUT2D eigenvalue weighted by atomic mass is 32.1. The minimum Gasteiger partial charge on any atom is -0.494 e. The van der Waals surface area contributed by atoms with E-state index in [-0.39, 0.29) is 18.0 Å². The number of thiocarbonyl (C=S) groups is 1. The minimum absolute atomic E-state index is 0.0928. The van der Waals surface area contributed by atoms with Crippen LogP contribution in [0.2, 0.25) is 0 Å². The van der Waals surface area contributed by atoms with E-state index >= 15 is 0 Å². The maximum Gasteiger partial charge on any atom is 0.229 e. The van der Waals surface area contributed by atoms with Gasteiger partial charge < -0.3 is 24.8 Å².